The smallest absolute Gasteiger partial charge is 0.161 e. The number of rotatable bonds is 8. The number of nitrogens with zero attached hydrogens (tertiary/aromatic N) is 3. The second-order valence-electron chi connectivity index (χ2n) is 7.79. The van der Waals surface area contributed by atoms with Crippen molar-refractivity contribution in [2.45, 2.75) is 38.5 Å². The minimum Gasteiger partial charge on any atom is -0.493 e. The van der Waals surface area contributed by atoms with Gasteiger partial charge in [-0.2, -0.15) is 5.10 Å². The molecule has 0 aliphatic carbocycles. The molecule has 0 radical (unpaired) electrons. The zero-order valence-corrected chi connectivity index (χ0v) is 16.6. The van der Waals surface area contributed by atoms with Crippen LogP contribution in [0.5, 0.6) is 11.5 Å². The van der Waals surface area contributed by atoms with Gasteiger partial charge in [0.1, 0.15) is 12.7 Å². The van der Waals surface area contributed by atoms with Crippen molar-refractivity contribution in [1.29, 1.82) is 0 Å². The molecule has 0 saturated carbocycles. The molecular formula is C21H30N4O3. The third-order valence-electron chi connectivity index (χ3n) is 5.61. The first-order valence-electron chi connectivity index (χ1n) is 10.1. The summed E-state index contributed by atoms with van der Waals surface area (Å²) in [5, 5.41) is 17.5. The Labute approximate surface area is 166 Å². The maximum atomic E-state index is 10.3. The molecule has 0 unspecified atom stereocenters. The molecule has 0 amide bonds. The number of methoxy groups -OCH3 is 1. The van der Waals surface area contributed by atoms with Crippen molar-refractivity contribution in [2.24, 2.45) is 0 Å². The van der Waals surface area contributed by atoms with Crippen LogP contribution in [0.1, 0.15) is 29.7 Å². The second kappa shape index (κ2) is 8.94. The quantitative estimate of drug-likeness (QED) is 0.721. The summed E-state index contributed by atoms with van der Waals surface area (Å²) in [4.78, 5) is 4.70. The summed E-state index contributed by atoms with van der Waals surface area (Å²) >= 11 is 0. The third kappa shape index (κ3) is 4.66. The first-order valence-corrected chi connectivity index (χ1v) is 10.1. The van der Waals surface area contributed by atoms with Gasteiger partial charge in [0.15, 0.2) is 11.5 Å². The number of nitrogens with one attached hydrogen (secondary N) is 1. The predicted octanol–water partition coefficient (Wildman–Crippen LogP) is 1.81. The van der Waals surface area contributed by atoms with Gasteiger partial charge in [-0.1, -0.05) is 6.07 Å². The van der Waals surface area contributed by atoms with Crippen LogP contribution in [0.15, 0.2) is 24.4 Å². The fourth-order valence-corrected chi connectivity index (χ4v) is 4.11. The second-order valence-corrected chi connectivity index (χ2v) is 7.79. The Balaban J connectivity index is 1.35. The molecule has 152 valence electrons. The molecule has 4 rings (SSSR count). The summed E-state index contributed by atoms with van der Waals surface area (Å²) in [6.07, 6.45) is 4.87. The number of hydrogen-bond donors (Lipinski definition) is 2. The van der Waals surface area contributed by atoms with Gasteiger partial charge in [-0.25, -0.2) is 0 Å². The van der Waals surface area contributed by atoms with Gasteiger partial charge in [-0.05, 0) is 43.6 Å². The monoisotopic (exact) mass is 386 g/mol. The van der Waals surface area contributed by atoms with Crippen LogP contribution in [0, 0.1) is 0 Å². The molecule has 1 fully saturated rings. The van der Waals surface area contributed by atoms with Crippen molar-refractivity contribution >= 4 is 0 Å². The van der Waals surface area contributed by atoms with E-state index in [0.717, 1.165) is 39.1 Å². The first kappa shape index (κ1) is 19.2. The molecule has 2 aliphatic heterocycles. The van der Waals surface area contributed by atoms with Crippen molar-refractivity contribution < 1.29 is 14.6 Å². The zero-order valence-electron chi connectivity index (χ0n) is 16.6. The molecule has 1 saturated heterocycles. The van der Waals surface area contributed by atoms with Gasteiger partial charge in [-0.3, -0.25) is 10.00 Å². The van der Waals surface area contributed by atoms with Crippen LogP contribution < -0.4 is 9.47 Å². The van der Waals surface area contributed by atoms with E-state index in [1.54, 1.807) is 7.11 Å². The van der Waals surface area contributed by atoms with Crippen molar-refractivity contribution in [2.75, 3.05) is 39.9 Å². The number of aliphatic hydroxyl groups excluding tert-OH is 1. The van der Waals surface area contributed by atoms with E-state index in [4.69, 9.17) is 9.47 Å². The number of hydrogen-bond acceptors (Lipinski definition) is 6. The van der Waals surface area contributed by atoms with Crippen molar-refractivity contribution in [3.8, 4) is 11.5 Å². The number of fused-ring (bicyclic) bond motifs is 1. The molecule has 3 heterocycles. The van der Waals surface area contributed by atoms with Crippen molar-refractivity contribution in [1.82, 2.24) is 20.0 Å². The standard InChI is InChI=1S/C21H30N4O3/c1-27-20-5-4-16(12-25-9-6-19-17(13-25)11-22-23-19)10-21(20)28-15-18(26)14-24-7-2-3-8-24/h4-5,10-11,18,26H,2-3,6-9,12-15H2,1H3,(H,22,23)/t18-/m1/s1. The molecule has 0 spiro atoms. The van der Waals surface area contributed by atoms with Crippen LogP contribution in [0.3, 0.4) is 0 Å². The van der Waals surface area contributed by atoms with E-state index in [9.17, 15) is 5.11 Å². The van der Waals surface area contributed by atoms with Crippen LogP contribution >= 0.6 is 0 Å². The topological polar surface area (TPSA) is 73.8 Å². The number of ether oxygens (including phenoxy) is 2. The van der Waals surface area contributed by atoms with Gasteiger partial charge in [0, 0.05) is 43.9 Å². The highest BCUT2D eigenvalue weighted by Gasteiger charge is 2.19. The largest absolute Gasteiger partial charge is 0.493 e. The van der Waals surface area contributed by atoms with Gasteiger partial charge >= 0.3 is 0 Å². The van der Waals surface area contributed by atoms with Crippen molar-refractivity contribution in [3.63, 3.8) is 0 Å². The molecule has 1 atom stereocenters. The van der Waals surface area contributed by atoms with Crippen LogP contribution in [-0.4, -0.2) is 71.1 Å². The Morgan fingerprint density at radius 3 is 2.86 bits per heavy atom. The van der Waals surface area contributed by atoms with Crippen molar-refractivity contribution in [3.05, 3.63) is 41.2 Å². The molecule has 7 nitrogen and oxygen atoms in total. The van der Waals surface area contributed by atoms with Crippen LogP contribution in [0.4, 0.5) is 0 Å². The van der Waals surface area contributed by atoms with Crippen LogP contribution in [0.2, 0.25) is 0 Å². The Morgan fingerprint density at radius 2 is 2.04 bits per heavy atom. The van der Waals surface area contributed by atoms with E-state index in [2.05, 4.69) is 26.1 Å². The first-order chi connectivity index (χ1) is 13.7. The Kier molecular flexibility index (Phi) is 6.14. The molecule has 0 bridgehead atoms. The fourth-order valence-electron chi connectivity index (χ4n) is 4.11. The summed E-state index contributed by atoms with van der Waals surface area (Å²) in [7, 11) is 1.65. The maximum Gasteiger partial charge on any atom is 0.161 e. The highest BCUT2D eigenvalue weighted by Crippen LogP contribution is 2.29. The average Bonchev–Trinajstić information content (AvgIpc) is 3.38. The number of H-pyrrole nitrogens is 1. The summed E-state index contributed by atoms with van der Waals surface area (Å²) in [6.45, 7) is 5.85. The summed E-state index contributed by atoms with van der Waals surface area (Å²) in [6, 6.07) is 6.06. The Morgan fingerprint density at radius 1 is 1.18 bits per heavy atom. The molecule has 2 aliphatic rings. The highest BCUT2D eigenvalue weighted by molar-refractivity contribution is 5.43. The molecule has 1 aromatic carbocycles. The van der Waals surface area contributed by atoms with E-state index in [0.29, 0.717) is 18.0 Å². The summed E-state index contributed by atoms with van der Waals surface area (Å²) in [5.41, 5.74) is 3.71. The third-order valence-corrected chi connectivity index (χ3v) is 5.61. The number of β-amino-alcohol motifs (C(OH)–C–C–N with tert-alkyl or cyclic N) is 1. The maximum absolute atomic E-state index is 10.3. The van der Waals surface area contributed by atoms with Gasteiger partial charge in [0.2, 0.25) is 0 Å². The predicted molar refractivity (Wildman–Crippen MR) is 107 cm³/mol. The lowest BCUT2D eigenvalue weighted by molar-refractivity contribution is 0.0746. The lowest BCUT2D eigenvalue weighted by atomic mass is 10.1. The number of benzene rings is 1. The van der Waals surface area contributed by atoms with Gasteiger partial charge in [-0.15, -0.1) is 0 Å². The Hall–Kier alpha value is -2.09. The average molecular weight is 386 g/mol. The molecule has 2 aromatic rings. The van der Waals surface area contributed by atoms with E-state index in [1.807, 2.05) is 18.3 Å². The minimum absolute atomic E-state index is 0.276. The van der Waals surface area contributed by atoms with Crippen LogP contribution in [-0.2, 0) is 19.5 Å². The molecular weight excluding hydrogens is 356 g/mol. The highest BCUT2D eigenvalue weighted by atomic mass is 16.5. The number of aromatic nitrogens is 2. The molecule has 2 N–H and O–H groups in total. The van der Waals surface area contributed by atoms with E-state index < -0.39 is 6.10 Å². The summed E-state index contributed by atoms with van der Waals surface area (Å²) in [5.74, 6) is 1.40. The molecule has 1 aromatic heterocycles. The summed E-state index contributed by atoms with van der Waals surface area (Å²) < 4.78 is 11.4. The van der Waals surface area contributed by atoms with E-state index >= 15 is 0 Å². The van der Waals surface area contributed by atoms with E-state index in [1.165, 1.54) is 29.7 Å². The van der Waals surface area contributed by atoms with E-state index in [-0.39, 0.29) is 6.61 Å². The van der Waals surface area contributed by atoms with Gasteiger partial charge in [0.05, 0.1) is 13.3 Å². The molecule has 28 heavy (non-hydrogen) atoms. The number of aliphatic hydroxyl groups is 1. The normalized spacial score (nSPS) is 18.8. The van der Waals surface area contributed by atoms with Gasteiger partial charge in [0.25, 0.3) is 0 Å². The number of aromatic amines is 1. The number of likely N-dealkylation sites (tertiary alicyclic amines) is 1. The fraction of sp³-hybridized carbons (Fsp3) is 0.571. The minimum atomic E-state index is -0.493. The Bertz CT molecular complexity index is 773. The SMILES string of the molecule is COc1ccc(CN2CCc3[nH]ncc3C2)cc1OC[C@H](O)CN1CCCC1. The lowest BCUT2D eigenvalue weighted by Crippen LogP contribution is -2.33. The van der Waals surface area contributed by atoms with Crippen LogP contribution in [0.25, 0.3) is 0 Å². The lowest BCUT2D eigenvalue weighted by Gasteiger charge is -2.26. The molecule has 7 heteroatoms. The zero-order chi connectivity index (χ0) is 19.3. The van der Waals surface area contributed by atoms with Gasteiger partial charge < -0.3 is 19.5 Å².